The Hall–Kier alpha value is -2.73. The average Bonchev–Trinajstić information content (AvgIpc) is 3.12. The molecule has 4 rings (SSSR count). The minimum Gasteiger partial charge on any atom is -0.355 e. The molecule has 1 saturated heterocycles. The Bertz CT molecular complexity index is 1010. The normalized spacial score (nSPS) is 15.0. The van der Waals surface area contributed by atoms with Gasteiger partial charge < -0.3 is 14.8 Å². The maximum atomic E-state index is 14.9. The molecule has 5 nitrogen and oxygen atoms in total. The predicted molar refractivity (Wildman–Crippen MR) is 113 cm³/mol. The van der Waals surface area contributed by atoms with Gasteiger partial charge in [-0.2, -0.15) is 0 Å². The number of aromatic nitrogens is 2. The van der Waals surface area contributed by atoms with Crippen LogP contribution in [0.5, 0.6) is 0 Å². The Balaban J connectivity index is 1.63. The largest absolute Gasteiger partial charge is 0.355 e. The number of halogens is 1. The number of piperidine rings is 1. The molecule has 0 bridgehead atoms. The van der Waals surface area contributed by atoms with E-state index in [-0.39, 0.29) is 5.91 Å². The summed E-state index contributed by atoms with van der Waals surface area (Å²) < 4.78 is 17.0. The van der Waals surface area contributed by atoms with Gasteiger partial charge in [-0.05, 0) is 69.2 Å². The number of hydrogen-bond donors (Lipinski definition) is 1. The van der Waals surface area contributed by atoms with Gasteiger partial charge >= 0.3 is 0 Å². The second-order valence-corrected chi connectivity index (χ2v) is 7.61. The first-order valence-corrected chi connectivity index (χ1v) is 10.4. The van der Waals surface area contributed by atoms with Crippen LogP contribution in [0.3, 0.4) is 0 Å². The van der Waals surface area contributed by atoms with E-state index in [9.17, 15) is 9.18 Å². The quantitative estimate of drug-likeness (QED) is 0.685. The van der Waals surface area contributed by atoms with Crippen molar-refractivity contribution in [3.8, 4) is 11.4 Å². The minimum absolute atomic E-state index is 0.300. The van der Waals surface area contributed by atoms with Gasteiger partial charge in [-0.3, -0.25) is 4.79 Å². The molecule has 29 heavy (non-hydrogen) atoms. The van der Waals surface area contributed by atoms with Crippen molar-refractivity contribution < 1.29 is 9.18 Å². The van der Waals surface area contributed by atoms with Crippen LogP contribution in [0.1, 0.15) is 36.0 Å². The van der Waals surface area contributed by atoms with E-state index >= 15 is 0 Å². The lowest BCUT2D eigenvalue weighted by atomic mass is 10.1. The monoisotopic (exact) mass is 394 g/mol. The van der Waals surface area contributed by atoms with Crippen molar-refractivity contribution in [2.45, 2.75) is 32.2 Å². The van der Waals surface area contributed by atoms with Gasteiger partial charge in [0.2, 0.25) is 0 Å². The standard InChI is InChI=1S/C23H27FN4O/c1-25-23(29)17-10-11-18(19(24)16-17)22-26-20-8-3-4-9-21(20)28(22)15-7-14-27-12-5-2-6-13-27/h3-4,8-11,16H,2,5-7,12-15H2,1H3,(H,25,29). The Morgan fingerprint density at radius 1 is 1.10 bits per heavy atom. The molecule has 0 unspecified atom stereocenters. The van der Waals surface area contributed by atoms with Gasteiger partial charge in [0.05, 0.1) is 16.6 Å². The molecule has 1 aromatic heterocycles. The molecule has 0 radical (unpaired) electrons. The number of rotatable bonds is 6. The molecule has 1 amide bonds. The highest BCUT2D eigenvalue weighted by molar-refractivity contribution is 5.94. The molecule has 0 spiro atoms. The van der Waals surface area contributed by atoms with E-state index in [0.717, 1.165) is 30.5 Å². The Morgan fingerprint density at radius 2 is 1.90 bits per heavy atom. The van der Waals surface area contributed by atoms with E-state index in [4.69, 9.17) is 4.98 Å². The fourth-order valence-corrected chi connectivity index (χ4v) is 4.12. The lowest BCUT2D eigenvalue weighted by Crippen LogP contribution is -2.31. The number of likely N-dealkylation sites (tertiary alicyclic amines) is 1. The van der Waals surface area contributed by atoms with Crippen LogP contribution in [0.15, 0.2) is 42.5 Å². The van der Waals surface area contributed by atoms with E-state index in [1.807, 2.05) is 24.3 Å². The van der Waals surface area contributed by atoms with Crippen molar-refractivity contribution >= 4 is 16.9 Å². The molecule has 1 aliphatic rings. The highest BCUT2D eigenvalue weighted by Crippen LogP contribution is 2.28. The van der Waals surface area contributed by atoms with Gasteiger partial charge in [0, 0.05) is 19.2 Å². The number of fused-ring (bicyclic) bond motifs is 1. The number of carbonyl (C=O) groups excluding carboxylic acids is 1. The highest BCUT2D eigenvalue weighted by Gasteiger charge is 2.18. The van der Waals surface area contributed by atoms with Gasteiger partial charge in [-0.1, -0.05) is 18.6 Å². The fourth-order valence-electron chi connectivity index (χ4n) is 4.12. The number of aryl methyl sites for hydroxylation is 1. The van der Waals surface area contributed by atoms with Crippen LogP contribution >= 0.6 is 0 Å². The molecular weight excluding hydrogens is 367 g/mol. The van der Waals surface area contributed by atoms with Gasteiger partial charge in [0.25, 0.3) is 5.91 Å². The molecule has 2 heterocycles. The van der Waals surface area contributed by atoms with E-state index < -0.39 is 5.82 Å². The lowest BCUT2D eigenvalue weighted by Gasteiger charge is -2.26. The van der Waals surface area contributed by atoms with E-state index in [0.29, 0.717) is 17.0 Å². The molecule has 1 N–H and O–H groups in total. The van der Waals surface area contributed by atoms with Crippen molar-refractivity contribution in [1.82, 2.24) is 19.8 Å². The zero-order valence-electron chi connectivity index (χ0n) is 16.8. The molecule has 6 heteroatoms. The van der Waals surface area contributed by atoms with Crippen molar-refractivity contribution in [2.24, 2.45) is 0 Å². The zero-order valence-corrected chi connectivity index (χ0v) is 16.8. The molecule has 3 aromatic rings. The molecule has 0 saturated carbocycles. The molecule has 0 atom stereocenters. The first-order valence-electron chi connectivity index (χ1n) is 10.4. The van der Waals surface area contributed by atoms with Crippen LogP contribution in [-0.4, -0.2) is 47.0 Å². The first-order chi connectivity index (χ1) is 14.2. The lowest BCUT2D eigenvalue weighted by molar-refractivity contribution is 0.0962. The van der Waals surface area contributed by atoms with Crippen LogP contribution in [0.2, 0.25) is 0 Å². The van der Waals surface area contributed by atoms with Crippen LogP contribution in [-0.2, 0) is 6.54 Å². The van der Waals surface area contributed by atoms with Crippen LogP contribution in [0.4, 0.5) is 4.39 Å². The van der Waals surface area contributed by atoms with Gasteiger partial charge in [0.1, 0.15) is 11.6 Å². The summed E-state index contributed by atoms with van der Waals surface area (Å²) in [5.41, 5.74) is 2.60. The maximum Gasteiger partial charge on any atom is 0.251 e. The summed E-state index contributed by atoms with van der Waals surface area (Å²) in [6, 6.07) is 12.5. The third-order valence-electron chi connectivity index (χ3n) is 5.66. The summed E-state index contributed by atoms with van der Waals surface area (Å²) in [5.74, 6) is -0.116. The van der Waals surface area contributed by atoms with Crippen molar-refractivity contribution in [1.29, 1.82) is 0 Å². The van der Waals surface area contributed by atoms with Crippen LogP contribution in [0.25, 0.3) is 22.4 Å². The number of hydrogen-bond acceptors (Lipinski definition) is 3. The second kappa shape index (κ2) is 8.74. The number of nitrogens with one attached hydrogen (secondary N) is 1. The van der Waals surface area contributed by atoms with Gasteiger partial charge in [-0.25, -0.2) is 9.37 Å². The molecule has 1 fully saturated rings. The number of carbonyl (C=O) groups is 1. The van der Waals surface area contributed by atoms with E-state index in [1.54, 1.807) is 12.1 Å². The molecule has 152 valence electrons. The van der Waals surface area contributed by atoms with Crippen molar-refractivity contribution in [2.75, 3.05) is 26.7 Å². The number of imidazole rings is 1. The third kappa shape index (κ3) is 4.17. The summed E-state index contributed by atoms with van der Waals surface area (Å²) in [4.78, 5) is 19.0. The fraction of sp³-hybridized carbons (Fsp3) is 0.391. The number of nitrogens with zero attached hydrogens (tertiary/aromatic N) is 3. The smallest absolute Gasteiger partial charge is 0.251 e. The Kier molecular flexibility index (Phi) is 5.90. The van der Waals surface area contributed by atoms with Crippen molar-refractivity contribution in [3.63, 3.8) is 0 Å². The Morgan fingerprint density at radius 3 is 2.66 bits per heavy atom. The molecule has 0 aliphatic carbocycles. The van der Waals surface area contributed by atoms with Crippen LogP contribution in [0, 0.1) is 5.82 Å². The van der Waals surface area contributed by atoms with E-state index in [2.05, 4.69) is 14.8 Å². The summed E-state index contributed by atoms with van der Waals surface area (Å²) in [6.07, 6.45) is 4.88. The molecular formula is C23H27FN4O. The SMILES string of the molecule is CNC(=O)c1ccc(-c2nc3ccccc3n2CCCN2CCCCC2)c(F)c1. The minimum atomic E-state index is -0.432. The number of benzene rings is 2. The average molecular weight is 394 g/mol. The zero-order chi connectivity index (χ0) is 20.2. The van der Waals surface area contributed by atoms with Crippen molar-refractivity contribution in [3.05, 3.63) is 53.8 Å². The predicted octanol–water partition coefficient (Wildman–Crippen LogP) is 4.08. The molecule has 1 aliphatic heterocycles. The third-order valence-corrected chi connectivity index (χ3v) is 5.66. The number of amides is 1. The van der Waals surface area contributed by atoms with Crippen LogP contribution < -0.4 is 5.32 Å². The Labute approximate surface area is 170 Å². The summed E-state index contributed by atoms with van der Waals surface area (Å²) in [6.45, 7) is 4.17. The molecule has 2 aromatic carbocycles. The second-order valence-electron chi connectivity index (χ2n) is 7.61. The van der Waals surface area contributed by atoms with Gasteiger partial charge in [0.15, 0.2) is 0 Å². The first kappa shape index (κ1) is 19.6. The van der Waals surface area contributed by atoms with Gasteiger partial charge in [-0.15, -0.1) is 0 Å². The highest BCUT2D eigenvalue weighted by atomic mass is 19.1. The summed E-state index contributed by atoms with van der Waals surface area (Å²) in [5, 5.41) is 2.53. The summed E-state index contributed by atoms with van der Waals surface area (Å²) >= 11 is 0. The topological polar surface area (TPSA) is 50.2 Å². The number of para-hydroxylation sites is 2. The van der Waals surface area contributed by atoms with E-state index in [1.165, 1.54) is 45.5 Å². The summed E-state index contributed by atoms with van der Waals surface area (Å²) in [7, 11) is 1.54. The maximum absolute atomic E-state index is 14.9.